The molecule has 1 N–H and O–H groups in total. The molecule has 4 amide bonds. The van der Waals surface area contributed by atoms with Crippen molar-refractivity contribution in [3.63, 3.8) is 0 Å². The number of barbiturate groups is 1. The molecule has 0 unspecified atom stereocenters. The van der Waals surface area contributed by atoms with Crippen molar-refractivity contribution in [3.05, 3.63) is 99.3 Å². The van der Waals surface area contributed by atoms with Crippen molar-refractivity contribution < 1.29 is 23.5 Å². The lowest BCUT2D eigenvalue weighted by Crippen LogP contribution is -2.54. The lowest BCUT2D eigenvalue weighted by Gasteiger charge is -2.27. The molecule has 1 saturated heterocycles. The second-order valence-electron chi connectivity index (χ2n) is 8.00. The van der Waals surface area contributed by atoms with Crippen LogP contribution in [-0.2, 0) is 16.0 Å². The zero-order valence-electron chi connectivity index (χ0n) is 19.1. The monoisotopic (exact) mass is 492 g/mol. The van der Waals surface area contributed by atoms with Crippen LogP contribution in [0.5, 0.6) is 5.75 Å². The fourth-order valence-electron chi connectivity index (χ4n) is 3.83. The molecule has 0 radical (unpaired) electrons. The molecule has 1 aliphatic heterocycles. The molecule has 0 aromatic heterocycles. The van der Waals surface area contributed by atoms with Crippen LogP contribution < -0.4 is 15.0 Å². The molecule has 8 heteroatoms. The second kappa shape index (κ2) is 10.1. The third-order valence-electron chi connectivity index (χ3n) is 5.50. The molecule has 0 bridgehead atoms. The molecule has 0 aliphatic carbocycles. The van der Waals surface area contributed by atoms with Crippen molar-refractivity contribution >= 4 is 41.2 Å². The number of rotatable bonds is 6. The predicted octanol–water partition coefficient (Wildman–Crippen LogP) is 5.44. The number of anilines is 1. The molecule has 4 rings (SSSR count). The number of urea groups is 1. The van der Waals surface area contributed by atoms with Gasteiger partial charge in [-0.25, -0.2) is 14.1 Å². The van der Waals surface area contributed by atoms with E-state index in [0.29, 0.717) is 40.6 Å². The van der Waals surface area contributed by atoms with E-state index in [1.54, 1.807) is 43.3 Å². The van der Waals surface area contributed by atoms with E-state index < -0.39 is 17.8 Å². The minimum atomic E-state index is -0.844. The first-order valence-electron chi connectivity index (χ1n) is 10.9. The molecule has 0 atom stereocenters. The van der Waals surface area contributed by atoms with Gasteiger partial charge in [0.25, 0.3) is 11.8 Å². The number of imide groups is 2. The van der Waals surface area contributed by atoms with Gasteiger partial charge in [0.2, 0.25) is 0 Å². The van der Waals surface area contributed by atoms with Crippen LogP contribution in [0.3, 0.4) is 0 Å². The highest BCUT2D eigenvalue weighted by Crippen LogP contribution is 2.29. The molecule has 6 nitrogen and oxygen atoms in total. The summed E-state index contributed by atoms with van der Waals surface area (Å²) >= 11 is 6.07. The standard InChI is InChI=1S/C27H22ClFN2O4/c1-3-35-24-14-18(8-9-19(24)11-17-5-4-6-21(29)12-17)13-22-25(32)30-27(34)31(26(22)33)23-15-20(28)10-7-16(23)2/h4-10,12-15H,3,11H2,1-2H3,(H,30,32,34)/b22-13+. The Bertz CT molecular complexity index is 1370. The number of ether oxygens (including phenoxy) is 1. The van der Waals surface area contributed by atoms with Gasteiger partial charge < -0.3 is 4.74 Å². The fraction of sp³-hybridized carbons (Fsp3) is 0.148. The first-order valence-corrected chi connectivity index (χ1v) is 11.3. The average molecular weight is 493 g/mol. The molecule has 1 heterocycles. The van der Waals surface area contributed by atoms with Gasteiger partial charge in [-0.05, 0) is 72.5 Å². The van der Waals surface area contributed by atoms with Gasteiger partial charge >= 0.3 is 6.03 Å². The van der Waals surface area contributed by atoms with Gasteiger partial charge in [0.05, 0.1) is 12.3 Å². The minimum Gasteiger partial charge on any atom is -0.494 e. The summed E-state index contributed by atoms with van der Waals surface area (Å²) < 4.78 is 19.4. The molecule has 0 saturated carbocycles. The maximum atomic E-state index is 13.6. The molecule has 178 valence electrons. The molecular formula is C27H22ClFN2O4. The van der Waals surface area contributed by atoms with Crippen molar-refractivity contribution in [1.82, 2.24) is 5.32 Å². The van der Waals surface area contributed by atoms with Crippen LogP contribution in [0.2, 0.25) is 5.02 Å². The maximum absolute atomic E-state index is 13.6. The summed E-state index contributed by atoms with van der Waals surface area (Å²) in [6, 6.07) is 15.5. The number of halogens is 2. The van der Waals surface area contributed by atoms with Gasteiger partial charge in [0.1, 0.15) is 17.1 Å². The van der Waals surface area contributed by atoms with Gasteiger partial charge in [0.15, 0.2) is 0 Å². The van der Waals surface area contributed by atoms with Crippen molar-refractivity contribution in [2.45, 2.75) is 20.3 Å². The summed E-state index contributed by atoms with van der Waals surface area (Å²) in [7, 11) is 0. The third kappa shape index (κ3) is 5.25. The molecule has 0 spiro atoms. The van der Waals surface area contributed by atoms with E-state index in [4.69, 9.17) is 16.3 Å². The van der Waals surface area contributed by atoms with Gasteiger partial charge in [-0.2, -0.15) is 0 Å². The zero-order chi connectivity index (χ0) is 25.1. The van der Waals surface area contributed by atoms with Gasteiger partial charge in [0, 0.05) is 11.4 Å². The minimum absolute atomic E-state index is 0.204. The second-order valence-corrected chi connectivity index (χ2v) is 8.43. The van der Waals surface area contributed by atoms with Crippen LogP contribution in [0, 0.1) is 12.7 Å². The van der Waals surface area contributed by atoms with E-state index in [2.05, 4.69) is 5.32 Å². The van der Waals surface area contributed by atoms with E-state index >= 15 is 0 Å². The molecule has 1 aliphatic rings. The predicted molar refractivity (Wildman–Crippen MR) is 132 cm³/mol. The topological polar surface area (TPSA) is 75.7 Å². The highest BCUT2D eigenvalue weighted by Gasteiger charge is 2.37. The smallest absolute Gasteiger partial charge is 0.335 e. The van der Waals surface area contributed by atoms with Crippen LogP contribution in [0.25, 0.3) is 6.08 Å². The van der Waals surface area contributed by atoms with E-state index in [9.17, 15) is 18.8 Å². The Balaban J connectivity index is 1.69. The Hall–Kier alpha value is -3.97. The van der Waals surface area contributed by atoms with Crippen LogP contribution >= 0.6 is 11.6 Å². The summed E-state index contributed by atoms with van der Waals surface area (Å²) in [6.45, 7) is 3.97. The number of hydrogen-bond donors (Lipinski definition) is 1. The largest absolute Gasteiger partial charge is 0.494 e. The molecule has 3 aromatic carbocycles. The Morgan fingerprint density at radius 1 is 1.06 bits per heavy atom. The maximum Gasteiger partial charge on any atom is 0.335 e. The van der Waals surface area contributed by atoms with Crippen molar-refractivity contribution in [2.75, 3.05) is 11.5 Å². The Labute approximate surface area is 207 Å². The fourth-order valence-corrected chi connectivity index (χ4v) is 4.00. The number of carbonyl (C=O) groups excluding carboxylic acids is 3. The number of carbonyl (C=O) groups is 3. The Morgan fingerprint density at radius 3 is 2.60 bits per heavy atom. The molecule has 35 heavy (non-hydrogen) atoms. The van der Waals surface area contributed by atoms with E-state index in [1.165, 1.54) is 24.3 Å². The van der Waals surface area contributed by atoms with Crippen LogP contribution in [0.4, 0.5) is 14.9 Å². The van der Waals surface area contributed by atoms with Crippen LogP contribution in [0.15, 0.2) is 66.2 Å². The summed E-state index contributed by atoms with van der Waals surface area (Å²) in [5.74, 6) is -1.32. The summed E-state index contributed by atoms with van der Waals surface area (Å²) in [5, 5.41) is 2.56. The van der Waals surface area contributed by atoms with Crippen molar-refractivity contribution in [3.8, 4) is 5.75 Å². The molecule has 1 fully saturated rings. The number of aryl methyl sites for hydroxylation is 1. The van der Waals surface area contributed by atoms with Gasteiger partial charge in [-0.1, -0.05) is 41.9 Å². The Kier molecular flexibility index (Phi) is 6.98. The van der Waals surface area contributed by atoms with Crippen molar-refractivity contribution in [1.29, 1.82) is 0 Å². The molecule has 3 aromatic rings. The van der Waals surface area contributed by atoms with Crippen LogP contribution in [-0.4, -0.2) is 24.5 Å². The quantitative estimate of drug-likeness (QED) is 0.367. The average Bonchev–Trinajstić information content (AvgIpc) is 2.80. The summed E-state index contributed by atoms with van der Waals surface area (Å²) in [5.41, 5.74) is 2.87. The van der Waals surface area contributed by atoms with E-state index in [-0.39, 0.29) is 11.4 Å². The zero-order valence-corrected chi connectivity index (χ0v) is 19.9. The first kappa shape index (κ1) is 24.2. The highest BCUT2D eigenvalue weighted by atomic mass is 35.5. The number of nitrogens with one attached hydrogen (secondary N) is 1. The lowest BCUT2D eigenvalue weighted by atomic mass is 10.0. The molecular weight excluding hydrogens is 471 g/mol. The summed E-state index contributed by atoms with van der Waals surface area (Å²) in [6.07, 6.45) is 1.85. The first-order chi connectivity index (χ1) is 16.8. The number of nitrogens with zero attached hydrogens (tertiary/aromatic N) is 1. The van der Waals surface area contributed by atoms with E-state index in [0.717, 1.165) is 16.0 Å². The lowest BCUT2D eigenvalue weighted by molar-refractivity contribution is -0.122. The number of amides is 4. The highest BCUT2D eigenvalue weighted by molar-refractivity contribution is 6.39. The SMILES string of the molecule is CCOc1cc(/C=C2\C(=O)NC(=O)N(c3cc(Cl)ccc3C)C2=O)ccc1Cc1cccc(F)c1. The summed E-state index contributed by atoms with van der Waals surface area (Å²) in [4.78, 5) is 39.2. The Morgan fingerprint density at radius 2 is 1.86 bits per heavy atom. The number of hydrogen-bond acceptors (Lipinski definition) is 4. The van der Waals surface area contributed by atoms with E-state index in [1.807, 2.05) is 13.0 Å². The van der Waals surface area contributed by atoms with Crippen molar-refractivity contribution in [2.24, 2.45) is 0 Å². The normalized spacial score (nSPS) is 14.9. The third-order valence-corrected chi connectivity index (χ3v) is 5.73. The number of benzene rings is 3. The van der Waals surface area contributed by atoms with Gasteiger partial charge in [-0.15, -0.1) is 0 Å². The van der Waals surface area contributed by atoms with Gasteiger partial charge in [-0.3, -0.25) is 14.9 Å². The van der Waals surface area contributed by atoms with Crippen LogP contribution in [0.1, 0.15) is 29.2 Å².